The van der Waals surface area contributed by atoms with Crippen molar-refractivity contribution in [1.29, 1.82) is 0 Å². The molecule has 2 aromatic rings. The maximum atomic E-state index is 12.5. The van der Waals surface area contributed by atoms with Gasteiger partial charge in [0.15, 0.2) is 5.78 Å². The van der Waals surface area contributed by atoms with Crippen molar-refractivity contribution in [2.45, 2.75) is 44.9 Å². The molecule has 0 heterocycles. The van der Waals surface area contributed by atoms with Gasteiger partial charge in [-0.1, -0.05) is 68.8 Å². The Morgan fingerprint density at radius 2 is 1.43 bits per heavy atom. The molecule has 0 saturated heterocycles. The van der Waals surface area contributed by atoms with Crippen molar-refractivity contribution in [3.63, 3.8) is 0 Å². The number of benzene rings is 2. The fourth-order valence-corrected chi connectivity index (χ4v) is 2.83. The second-order valence-corrected chi connectivity index (χ2v) is 6.36. The first kappa shape index (κ1) is 14.1. The van der Waals surface area contributed by atoms with Crippen LogP contribution in [0.15, 0.2) is 48.5 Å². The monoisotopic (exact) mass is 278 g/mol. The lowest BCUT2D eigenvalue weighted by atomic mass is 9.80. The molecule has 3 rings (SSSR count). The van der Waals surface area contributed by atoms with E-state index in [2.05, 4.69) is 38.1 Å². The van der Waals surface area contributed by atoms with E-state index < -0.39 is 0 Å². The first-order valence-electron chi connectivity index (χ1n) is 7.90. The Hall–Kier alpha value is -1.89. The molecule has 0 atom stereocenters. The highest BCUT2D eigenvalue weighted by Gasteiger charge is 2.19. The van der Waals surface area contributed by atoms with Gasteiger partial charge in [-0.05, 0) is 35.8 Å². The van der Waals surface area contributed by atoms with E-state index in [1.54, 1.807) is 0 Å². The lowest BCUT2D eigenvalue weighted by molar-refractivity contribution is 0.103. The minimum Gasteiger partial charge on any atom is -0.289 e. The van der Waals surface area contributed by atoms with Crippen LogP contribution in [0, 0.1) is 0 Å². The average Bonchev–Trinajstić information content (AvgIpc) is 2.46. The SMILES string of the molecule is CC(C)c1ccc(C(=O)c2ccc(C3CCC3)cc2)cc1. The van der Waals surface area contributed by atoms with Crippen LogP contribution in [-0.2, 0) is 0 Å². The third-order valence-electron chi connectivity index (χ3n) is 4.59. The maximum absolute atomic E-state index is 12.5. The van der Waals surface area contributed by atoms with Gasteiger partial charge in [0.1, 0.15) is 0 Å². The van der Waals surface area contributed by atoms with Gasteiger partial charge < -0.3 is 0 Å². The summed E-state index contributed by atoms with van der Waals surface area (Å²) in [5, 5.41) is 0. The number of rotatable bonds is 4. The minimum absolute atomic E-state index is 0.116. The Bertz CT molecular complexity index is 616. The smallest absolute Gasteiger partial charge is 0.193 e. The lowest BCUT2D eigenvalue weighted by Gasteiger charge is -2.25. The van der Waals surface area contributed by atoms with E-state index in [0.29, 0.717) is 5.92 Å². The molecule has 1 aliphatic rings. The Morgan fingerprint density at radius 1 is 0.905 bits per heavy atom. The predicted octanol–water partition coefficient (Wildman–Crippen LogP) is 5.31. The highest BCUT2D eigenvalue weighted by Crippen LogP contribution is 2.36. The number of hydrogen-bond acceptors (Lipinski definition) is 1. The van der Waals surface area contributed by atoms with Crippen molar-refractivity contribution in [2.75, 3.05) is 0 Å². The summed E-state index contributed by atoms with van der Waals surface area (Å²) in [6.45, 7) is 4.33. The van der Waals surface area contributed by atoms with Crippen LogP contribution in [0.1, 0.15) is 72.0 Å². The van der Waals surface area contributed by atoms with E-state index in [1.807, 2.05) is 24.3 Å². The van der Waals surface area contributed by atoms with Crippen molar-refractivity contribution in [1.82, 2.24) is 0 Å². The lowest BCUT2D eigenvalue weighted by Crippen LogP contribution is -2.09. The second-order valence-electron chi connectivity index (χ2n) is 6.36. The standard InChI is InChI=1S/C20H22O/c1-14(2)15-6-10-18(11-7-15)20(21)19-12-8-17(9-13-19)16-4-3-5-16/h6-14,16H,3-5H2,1-2H3. The molecular formula is C20H22O. The van der Waals surface area contributed by atoms with E-state index in [9.17, 15) is 4.79 Å². The molecule has 0 spiro atoms. The fraction of sp³-hybridized carbons (Fsp3) is 0.350. The van der Waals surface area contributed by atoms with E-state index in [4.69, 9.17) is 0 Å². The second kappa shape index (κ2) is 5.85. The van der Waals surface area contributed by atoms with Crippen LogP contribution in [0.5, 0.6) is 0 Å². The molecule has 108 valence electrons. The molecule has 0 aromatic heterocycles. The zero-order chi connectivity index (χ0) is 14.8. The van der Waals surface area contributed by atoms with Crippen molar-refractivity contribution in [2.24, 2.45) is 0 Å². The van der Waals surface area contributed by atoms with Gasteiger partial charge in [-0.3, -0.25) is 4.79 Å². The van der Waals surface area contributed by atoms with Crippen LogP contribution in [0.4, 0.5) is 0 Å². The quantitative estimate of drug-likeness (QED) is 0.693. The fourth-order valence-electron chi connectivity index (χ4n) is 2.83. The van der Waals surface area contributed by atoms with E-state index in [0.717, 1.165) is 17.0 Å². The zero-order valence-electron chi connectivity index (χ0n) is 12.8. The normalized spacial score (nSPS) is 15.0. The van der Waals surface area contributed by atoms with Crippen LogP contribution in [0.25, 0.3) is 0 Å². The summed E-state index contributed by atoms with van der Waals surface area (Å²) >= 11 is 0. The van der Waals surface area contributed by atoms with Crippen molar-refractivity contribution in [3.8, 4) is 0 Å². The Kier molecular flexibility index (Phi) is 3.92. The molecular weight excluding hydrogens is 256 g/mol. The van der Waals surface area contributed by atoms with Gasteiger partial charge in [-0.25, -0.2) is 0 Å². The minimum atomic E-state index is 0.116. The summed E-state index contributed by atoms with van der Waals surface area (Å²) in [5.41, 5.74) is 4.21. The summed E-state index contributed by atoms with van der Waals surface area (Å²) in [7, 11) is 0. The first-order chi connectivity index (χ1) is 10.1. The van der Waals surface area contributed by atoms with Gasteiger partial charge in [0.2, 0.25) is 0 Å². The molecule has 0 N–H and O–H groups in total. The molecule has 1 aliphatic carbocycles. The van der Waals surface area contributed by atoms with Crippen LogP contribution in [-0.4, -0.2) is 5.78 Å². The summed E-state index contributed by atoms with van der Waals surface area (Å²) in [6.07, 6.45) is 3.93. The zero-order valence-corrected chi connectivity index (χ0v) is 12.8. The van der Waals surface area contributed by atoms with Gasteiger partial charge in [-0.15, -0.1) is 0 Å². The summed E-state index contributed by atoms with van der Waals surface area (Å²) in [4.78, 5) is 12.5. The Morgan fingerprint density at radius 3 is 1.86 bits per heavy atom. The summed E-state index contributed by atoms with van der Waals surface area (Å²) < 4.78 is 0. The first-order valence-corrected chi connectivity index (χ1v) is 7.90. The van der Waals surface area contributed by atoms with Crippen molar-refractivity contribution in [3.05, 3.63) is 70.8 Å². The van der Waals surface area contributed by atoms with Gasteiger partial charge in [-0.2, -0.15) is 0 Å². The Labute approximate surface area is 127 Å². The van der Waals surface area contributed by atoms with E-state index in [-0.39, 0.29) is 5.78 Å². The molecule has 1 heteroatoms. The number of hydrogen-bond donors (Lipinski definition) is 0. The van der Waals surface area contributed by atoms with Crippen LogP contribution in [0.3, 0.4) is 0 Å². The van der Waals surface area contributed by atoms with Gasteiger partial charge in [0.05, 0.1) is 0 Å². The van der Waals surface area contributed by atoms with Gasteiger partial charge >= 0.3 is 0 Å². The van der Waals surface area contributed by atoms with E-state index >= 15 is 0 Å². The highest BCUT2D eigenvalue weighted by atomic mass is 16.1. The molecule has 0 radical (unpaired) electrons. The van der Waals surface area contributed by atoms with Crippen LogP contribution >= 0.6 is 0 Å². The predicted molar refractivity (Wildman–Crippen MR) is 87.0 cm³/mol. The topological polar surface area (TPSA) is 17.1 Å². The molecule has 0 aliphatic heterocycles. The van der Waals surface area contributed by atoms with Crippen molar-refractivity contribution >= 4 is 5.78 Å². The third-order valence-corrected chi connectivity index (χ3v) is 4.59. The number of carbonyl (C=O) groups excluding carboxylic acids is 1. The molecule has 0 bridgehead atoms. The molecule has 21 heavy (non-hydrogen) atoms. The number of ketones is 1. The van der Waals surface area contributed by atoms with E-state index in [1.165, 1.54) is 30.4 Å². The largest absolute Gasteiger partial charge is 0.289 e. The third kappa shape index (κ3) is 2.92. The highest BCUT2D eigenvalue weighted by molar-refractivity contribution is 6.09. The van der Waals surface area contributed by atoms with Crippen LogP contribution in [0.2, 0.25) is 0 Å². The number of carbonyl (C=O) groups is 1. The summed E-state index contributed by atoms with van der Waals surface area (Å²) in [6, 6.07) is 16.2. The van der Waals surface area contributed by atoms with Crippen molar-refractivity contribution < 1.29 is 4.79 Å². The Balaban J connectivity index is 1.77. The van der Waals surface area contributed by atoms with Gasteiger partial charge in [0, 0.05) is 11.1 Å². The van der Waals surface area contributed by atoms with Gasteiger partial charge in [0.25, 0.3) is 0 Å². The molecule has 0 amide bonds. The molecule has 1 fully saturated rings. The molecule has 1 nitrogen and oxygen atoms in total. The molecule has 1 saturated carbocycles. The molecule has 2 aromatic carbocycles. The average molecular weight is 278 g/mol. The summed E-state index contributed by atoms with van der Waals surface area (Å²) in [5.74, 6) is 1.33. The van der Waals surface area contributed by atoms with Crippen LogP contribution < -0.4 is 0 Å². The maximum Gasteiger partial charge on any atom is 0.193 e. The molecule has 0 unspecified atom stereocenters.